The first-order chi connectivity index (χ1) is 9.08. The first kappa shape index (κ1) is 15.6. The molecule has 0 saturated heterocycles. The van der Waals surface area contributed by atoms with E-state index >= 15 is 0 Å². The van der Waals surface area contributed by atoms with Crippen molar-refractivity contribution < 1.29 is 4.74 Å². The highest BCUT2D eigenvalue weighted by molar-refractivity contribution is 5.11. The van der Waals surface area contributed by atoms with E-state index in [2.05, 4.69) is 44.0 Å². The Balaban J connectivity index is 2.22. The quantitative estimate of drug-likeness (QED) is 0.527. The summed E-state index contributed by atoms with van der Waals surface area (Å²) in [4.78, 5) is 4.31. The summed E-state index contributed by atoms with van der Waals surface area (Å²) in [6, 6.07) is 4.08. The summed E-state index contributed by atoms with van der Waals surface area (Å²) in [5.74, 6) is 0. The van der Waals surface area contributed by atoms with Crippen LogP contribution in [-0.4, -0.2) is 11.6 Å². The second kappa shape index (κ2) is 8.65. The Bertz CT molecular complexity index is 425. The zero-order valence-corrected chi connectivity index (χ0v) is 12.6. The van der Waals surface area contributed by atoms with Crippen LogP contribution in [0, 0.1) is 6.92 Å². The molecule has 0 radical (unpaired) electrons. The fourth-order valence-electron chi connectivity index (χ4n) is 1.64. The van der Waals surface area contributed by atoms with Gasteiger partial charge in [0.1, 0.15) is 0 Å². The molecule has 0 saturated carbocycles. The summed E-state index contributed by atoms with van der Waals surface area (Å²) >= 11 is 0. The SMILES string of the molecule is CC(C)=CCCC(C)=CCOCc1ccc(C)cn1. The molecule has 1 aromatic rings. The number of nitrogens with zero attached hydrogens (tertiary/aromatic N) is 1. The van der Waals surface area contributed by atoms with E-state index in [0.717, 1.165) is 18.5 Å². The predicted molar refractivity (Wildman–Crippen MR) is 81.1 cm³/mol. The molecular weight excluding hydrogens is 234 g/mol. The molecule has 0 amide bonds. The van der Waals surface area contributed by atoms with Crippen molar-refractivity contribution in [3.8, 4) is 0 Å². The number of aromatic nitrogens is 1. The first-order valence-electron chi connectivity index (χ1n) is 6.86. The lowest BCUT2D eigenvalue weighted by molar-refractivity contribution is 0.145. The molecule has 0 bridgehead atoms. The number of hydrogen-bond acceptors (Lipinski definition) is 2. The van der Waals surface area contributed by atoms with Gasteiger partial charge in [0.05, 0.1) is 18.9 Å². The number of hydrogen-bond donors (Lipinski definition) is 0. The lowest BCUT2D eigenvalue weighted by Gasteiger charge is -2.03. The van der Waals surface area contributed by atoms with Gasteiger partial charge in [0.25, 0.3) is 0 Å². The van der Waals surface area contributed by atoms with Crippen molar-refractivity contribution >= 4 is 0 Å². The summed E-state index contributed by atoms with van der Waals surface area (Å²) in [6.07, 6.45) is 8.53. The van der Waals surface area contributed by atoms with Crippen molar-refractivity contribution in [1.82, 2.24) is 4.98 Å². The van der Waals surface area contributed by atoms with Gasteiger partial charge < -0.3 is 4.74 Å². The molecule has 2 heteroatoms. The minimum absolute atomic E-state index is 0.581. The van der Waals surface area contributed by atoms with Crippen LogP contribution < -0.4 is 0 Å². The van der Waals surface area contributed by atoms with Gasteiger partial charge in [-0.15, -0.1) is 0 Å². The van der Waals surface area contributed by atoms with Gasteiger partial charge >= 0.3 is 0 Å². The van der Waals surface area contributed by atoms with E-state index in [1.54, 1.807) is 0 Å². The molecule has 0 atom stereocenters. The molecule has 0 fully saturated rings. The third kappa shape index (κ3) is 7.58. The van der Waals surface area contributed by atoms with Crippen LogP contribution in [-0.2, 0) is 11.3 Å². The fourth-order valence-corrected chi connectivity index (χ4v) is 1.64. The van der Waals surface area contributed by atoms with Crippen molar-refractivity contribution in [2.45, 2.75) is 47.1 Å². The highest BCUT2D eigenvalue weighted by Crippen LogP contribution is 2.07. The Hall–Kier alpha value is -1.41. The number of pyridine rings is 1. The van der Waals surface area contributed by atoms with E-state index in [-0.39, 0.29) is 0 Å². The Morgan fingerprint density at radius 1 is 1.21 bits per heavy atom. The monoisotopic (exact) mass is 259 g/mol. The van der Waals surface area contributed by atoms with Crippen molar-refractivity contribution in [3.05, 3.63) is 52.9 Å². The maximum Gasteiger partial charge on any atom is 0.0892 e. The average Bonchev–Trinajstić information content (AvgIpc) is 2.36. The minimum Gasteiger partial charge on any atom is -0.371 e. The molecule has 0 spiro atoms. The predicted octanol–water partition coefficient (Wildman–Crippen LogP) is 4.60. The Labute approximate surface area is 117 Å². The van der Waals surface area contributed by atoms with Gasteiger partial charge in [0, 0.05) is 6.20 Å². The average molecular weight is 259 g/mol. The van der Waals surface area contributed by atoms with Crippen LogP contribution in [0.2, 0.25) is 0 Å². The molecule has 0 aliphatic carbocycles. The van der Waals surface area contributed by atoms with Crippen LogP contribution >= 0.6 is 0 Å². The lowest BCUT2D eigenvalue weighted by Crippen LogP contribution is -1.96. The summed E-state index contributed by atoms with van der Waals surface area (Å²) in [5.41, 5.74) is 4.93. The van der Waals surface area contributed by atoms with Crippen molar-refractivity contribution in [2.75, 3.05) is 6.61 Å². The zero-order chi connectivity index (χ0) is 14.1. The molecule has 0 aliphatic rings. The maximum atomic E-state index is 5.60. The van der Waals surface area contributed by atoms with Crippen LogP contribution in [0.5, 0.6) is 0 Å². The van der Waals surface area contributed by atoms with E-state index in [0.29, 0.717) is 13.2 Å². The summed E-state index contributed by atoms with van der Waals surface area (Å²) in [7, 11) is 0. The highest BCUT2D eigenvalue weighted by atomic mass is 16.5. The van der Waals surface area contributed by atoms with Crippen molar-refractivity contribution in [2.24, 2.45) is 0 Å². The van der Waals surface area contributed by atoms with Crippen LogP contribution in [0.3, 0.4) is 0 Å². The summed E-state index contributed by atoms with van der Waals surface area (Å²) < 4.78 is 5.60. The van der Waals surface area contributed by atoms with E-state index in [1.807, 2.05) is 19.2 Å². The zero-order valence-electron chi connectivity index (χ0n) is 12.6. The molecule has 0 unspecified atom stereocenters. The van der Waals surface area contributed by atoms with Gasteiger partial charge in [0.15, 0.2) is 0 Å². The third-order valence-electron chi connectivity index (χ3n) is 2.86. The number of aryl methyl sites for hydroxylation is 1. The van der Waals surface area contributed by atoms with E-state index in [1.165, 1.54) is 16.7 Å². The van der Waals surface area contributed by atoms with Crippen LogP contribution in [0.4, 0.5) is 0 Å². The maximum absolute atomic E-state index is 5.60. The summed E-state index contributed by atoms with van der Waals surface area (Å²) in [6.45, 7) is 9.71. The molecule has 0 aliphatic heterocycles. The topological polar surface area (TPSA) is 22.1 Å². The minimum atomic E-state index is 0.581. The van der Waals surface area contributed by atoms with Crippen molar-refractivity contribution in [3.63, 3.8) is 0 Å². The molecular formula is C17H25NO. The van der Waals surface area contributed by atoms with Gasteiger partial charge in [0.2, 0.25) is 0 Å². The Kier molecular flexibility index (Phi) is 7.12. The van der Waals surface area contributed by atoms with Gasteiger partial charge in [-0.25, -0.2) is 0 Å². The molecule has 2 nitrogen and oxygen atoms in total. The number of ether oxygens (including phenoxy) is 1. The molecule has 19 heavy (non-hydrogen) atoms. The molecule has 1 rings (SSSR count). The van der Waals surface area contributed by atoms with Crippen molar-refractivity contribution in [1.29, 1.82) is 0 Å². The largest absolute Gasteiger partial charge is 0.371 e. The Morgan fingerprint density at radius 3 is 2.63 bits per heavy atom. The van der Waals surface area contributed by atoms with Gasteiger partial charge in [-0.2, -0.15) is 0 Å². The van der Waals surface area contributed by atoms with Gasteiger partial charge in [-0.05, 0) is 52.2 Å². The number of allylic oxidation sites excluding steroid dienone is 3. The lowest BCUT2D eigenvalue weighted by atomic mass is 10.1. The van der Waals surface area contributed by atoms with E-state index in [4.69, 9.17) is 4.74 Å². The normalized spacial score (nSPS) is 11.5. The molecule has 104 valence electrons. The standard InChI is InChI=1S/C17H25NO/c1-14(2)6-5-7-15(3)10-11-19-13-17-9-8-16(4)12-18-17/h6,8-10,12H,5,7,11,13H2,1-4H3. The highest BCUT2D eigenvalue weighted by Gasteiger charge is 1.94. The van der Waals surface area contributed by atoms with E-state index < -0.39 is 0 Å². The Morgan fingerprint density at radius 2 is 2.00 bits per heavy atom. The molecule has 0 aromatic carbocycles. The summed E-state index contributed by atoms with van der Waals surface area (Å²) in [5, 5.41) is 0. The third-order valence-corrected chi connectivity index (χ3v) is 2.86. The fraction of sp³-hybridized carbons (Fsp3) is 0.471. The molecule has 0 N–H and O–H groups in total. The van der Waals surface area contributed by atoms with Crippen LogP contribution in [0.1, 0.15) is 44.9 Å². The van der Waals surface area contributed by atoms with Gasteiger partial charge in [-0.1, -0.05) is 29.4 Å². The second-order valence-electron chi connectivity index (χ2n) is 5.21. The molecule has 1 heterocycles. The first-order valence-corrected chi connectivity index (χ1v) is 6.86. The van der Waals surface area contributed by atoms with Gasteiger partial charge in [-0.3, -0.25) is 4.98 Å². The van der Waals surface area contributed by atoms with Crippen LogP contribution in [0.25, 0.3) is 0 Å². The van der Waals surface area contributed by atoms with E-state index in [9.17, 15) is 0 Å². The molecule has 1 aromatic heterocycles. The smallest absolute Gasteiger partial charge is 0.0892 e. The second-order valence-corrected chi connectivity index (χ2v) is 5.21. The number of rotatable bonds is 7. The van der Waals surface area contributed by atoms with Crippen LogP contribution in [0.15, 0.2) is 41.6 Å².